The van der Waals surface area contributed by atoms with Gasteiger partial charge in [0.2, 0.25) is 5.43 Å². The van der Waals surface area contributed by atoms with Crippen LogP contribution in [-0.4, -0.2) is 31.1 Å². The molecule has 1 heterocycles. The van der Waals surface area contributed by atoms with Crippen molar-refractivity contribution in [1.29, 1.82) is 0 Å². The van der Waals surface area contributed by atoms with Crippen LogP contribution < -0.4 is 10.3 Å². The van der Waals surface area contributed by atoms with Gasteiger partial charge in [0.25, 0.3) is 0 Å². The number of piperazine rings is 1. The molecular formula is C19H19F3N2O. The van der Waals surface area contributed by atoms with Gasteiger partial charge in [0.1, 0.15) is 0 Å². The van der Waals surface area contributed by atoms with Gasteiger partial charge in [0, 0.05) is 32.7 Å². The smallest absolute Gasteiger partial charge is 0.366 e. The van der Waals surface area contributed by atoms with Crippen molar-refractivity contribution < 1.29 is 13.2 Å². The largest absolute Gasteiger partial charge is 0.416 e. The van der Waals surface area contributed by atoms with E-state index in [9.17, 15) is 18.0 Å². The van der Waals surface area contributed by atoms with Crippen molar-refractivity contribution in [2.75, 3.05) is 31.1 Å². The van der Waals surface area contributed by atoms with Gasteiger partial charge in [-0.05, 0) is 29.8 Å². The average Bonchev–Trinajstić information content (AvgIpc) is 2.80. The van der Waals surface area contributed by atoms with Crippen molar-refractivity contribution in [3.05, 3.63) is 75.9 Å². The molecule has 6 heteroatoms. The van der Waals surface area contributed by atoms with Crippen molar-refractivity contribution in [3.8, 4) is 0 Å². The van der Waals surface area contributed by atoms with E-state index >= 15 is 0 Å². The van der Waals surface area contributed by atoms with Crippen molar-refractivity contribution >= 4 is 5.69 Å². The molecule has 0 bridgehead atoms. The summed E-state index contributed by atoms with van der Waals surface area (Å²) in [6.45, 7) is 3.58. The number of alkyl halides is 3. The van der Waals surface area contributed by atoms with Crippen LogP contribution in [0.3, 0.4) is 0 Å². The van der Waals surface area contributed by atoms with E-state index in [4.69, 9.17) is 0 Å². The number of hydrogen-bond donors (Lipinski definition) is 0. The van der Waals surface area contributed by atoms with E-state index in [0.717, 1.165) is 43.9 Å². The van der Waals surface area contributed by atoms with Crippen molar-refractivity contribution in [2.24, 2.45) is 0 Å². The highest BCUT2D eigenvalue weighted by Gasteiger charge is 2.30. The van der Waals surface area contributed by atoms with Crippen molar-refractivity contribution in [3.63, 3.8) is 0 Å². The predicted molar refractivity (Wildman–Crippen MR) is 91.6 cm³/mol. The van der Waals surface area contributed by atoms with E-state index in [1.165, 1.54) is 12.1 Å². The van der Waals surface area contributed by atoms with Crippen LogP contribution in [0.2, 0.25) is 0 Å². The fourth-order valence-electron chi connectivity index (χ4n) is 2.99. The van der Waals surface area contributed by atoms with Gasteiger partial charge in [-0.2, -0.15) is 13.2 Å². The van der Waals surface area contributed by atoms with Gasteiger partial charge in [0.15, 0.2) is 0 Å². The molecule has 3 rings (SSSR count). The molecule has 0 radical (unpaired) electrons. The first-order chi connectivity index (χ1) is 11.9. The molecule has 0 spiro atoms. The second-order valence-corrected chi connectivity index (χ2v) is 6.12. The van der Waals surface area contributed by atoms with Crippen LogP contribution in [0.25, 0.3) is 0 Å². The number of anilines is 1. The molecule has 0 unspecified atom stereocenters. The molecule has 0 amide bonds. The maximum Gasteiger partial charge on any atom is 0.416 e. The minimum Gasteiger partial charge on any atom is -0.366 e. The van der Waals surface area contributed by atoms with Crippen LogP contribution >= 0.6 is 0 Å². The van der Waals surface area contributed by atoms with Gasteiger partial charge >= 0.3 is 6.18 Å². The predicted octanol–water partition coefficient (Wildman–Crippen LogP) is 3.39. The van der Waals surface area contributed by atoms with Gasteiger partial charge in [-0.15, -0.1) is 0 Å². The molecular weight excluding hydrogens is 329 g/mol. The zero-order valence-corrected chi connectivity index (χ0v) is 13.7. The summed E-state index contributed by atoms with van der Waals surface area (Å²) in [6, 6.07) is 14.1. The molecule has 0 saturated carbocycles. The van der Waals surface area contributed by atoms with Gasteiger partial charge in [-0.1, -0.05) is 30.3 Å². The summed E-state index contributed by atoms with van der Waals surface area (Å²) < 4.78 is 37.8. The summed E-state index contributed by atoms with van der Waals surface area (Å²) in [5.41, 5.74) is 0.929. The molecule has 132 valence electrons. The monoisotopic (exact) mass is 348 g/mol. The lowest BCUT2D eigenvalue weighted by Crippen LogP contribution is -2.47. The molecule has 0 aromatic heterocycles. The molecule has 1 aliphatic heterocycles. The Bertz CT molecular complexity index is 767. The summed E-state index contributed by atoms with van der Waals surface area (Å²) in [5.74, 6) is 0. The summed E-state index contributed by atoms with van der Waals surface area (Å²) in [7, 11) is 0. The van der Waals surface area contributed by atoms with Crippen LogP contribution in [0.15, 0.2) is 59.4 Å². The Morgan fingerprint density at radius 3 is 2.12 bits per heavy atom. The van der Waals surface area contributed by atoms with E-state index < -0.39 is 11.7 Å². The molecule has 1 saturated heterocycles. The second kappa shape index (κ2) is 7.27. The lowest BCUT2D eigenvalue weighted by molar-refractivity contribution is -0.137. The second-order valence-electron chi connectivity index (χ2n) is 6.12. The fraction of sp³-hybridized carbons (Fsp3) is 0.316. The molecule has 0 N–H and O–H groups in total. The van der Waals surface area contributed by atoms with Crippen LogP contribution in [0.1, 0.15) is 11.1 Å². The summed E-state index contributed by atoms with van der Waals surface area (Å²) in [6.07, 6.45) is -4.30. The first-order valence-corrected chi connectivity index (χ1v) is 8.16. The summed E-state index contributed by atoms with van der Waals surface area (Å²) in [4.78, 5) is 16.3. The average molecular weight is 348 g/mol. The third-order valence-corrected chi connectivity index (χ3v) is 4.38. The number of benzene rings is 1. The van der Waals surface area contributed by atoms with Gasteiger partial charge < -0.3 is 4.90 Å². The Morgan fingerprint density at radius 1 is 0.840 bits per heavy atom. The topological polar surface area (TPSA) is 23.6 Å². The molecule has 2 aromatic carbocycles. The molecule has 1 aliphatic rings. The van der Waals surface area contributed by atoms with Crippen molar-refractivity contribution in [1.82, 2.24) is 4.90 Å². The fourth-order valence-corrected chi connectivity index (χ4v) is 2.99. The van der Waals surface area contributed by atoms with E-state index in [1.54, 1.807) is 12.1 Å². The standard InChI is InChI=1S/C19H19F3N2O/c20-19(21,22)16-8-6-15(7-9-16)14-23-10-12-24(13-11-23)17-4-2-1-3-5-18(17)25/h1-9H,10-14H2. The number of rotatable bonds is 3. The highest BCUT2D eigenvalue weighted by molar-refractivity contribution is 5.45. The minimum absolute atomic E-state index is 0.00110. The number of halogens is 3. The zero-order chi connectivity index (χ0) is 17.9. The Morgan fingerprint density at radius 2 is 1.48 bits per heavy atom. The van der Waals surface area contributed by atoms with E-state index in [0.29, 0.717) is 12.2 Å². The van der Waals surface area contributed by atoms with Crippen LogP contribution in [0, 0.1) is 0 Å². The molecule has 3 nitrogen and oxygen atoms in total. The molecule has 1 fully saturated rings. The number of nitrogens with zero attached hydrogens (tertiary/aromatic N) is 2. The highest BCUT2D eigenvalue weighted by atomic mass is 19.4. The minimum atomic E-state index is -4.30. The van der Waals surface area contributed by atoms with E-state index in [-0.39, 0.29) is 5.43 Å². The maximum absolute atomic E-state index is 12.6. The summed E-state index contributed by atoms with van der Waals surface area (Å²) in [5, 5.41) is 0. The molecule has 0 aliphatic carbocycles. The van der Waals surface area contributed by atoms with Crippen LogP contribution in [-0.2, 0) is 12.7 Å². The first-order valence-electron chi connectivity index (χ1n) is 8.16. The lowest BCUT2D eigenvalue weighted by atomic mass is 10.1. The zero-order valence-electron chi connectivity index (χ0n) is 13.7. The normalized spacial score (nSPS) is 16.0. The van der Waals surface area contributed by atoms with E-state index in [1.807, 2.05) is 18.2 Å². The molecule has 2 aromatic rings. The SMILES string of the molecule is O=c1cccccc1N1CCN(Cc2ccc(C(F)(F)F)cc2)CC1. The summed E-state index contributed by atoms with van der Waals surface area (Å²) >= 11 is 0. The van der Waals surface area contributed by atoms with Gasteiger partial charge in [0.05, 0.1) is 11.3 Å². The van der Waals surface area contributed by atoms with Crippen LogP contribution in [0.5, 0.6) is 0 Å². The maximum atomic E-state index is 12.6. The Labute approximate surface area is 144 Å². The lowest BCUT2D eigenvalue weighted by Gasteiger charge is -2.35. The molecule has 25 heavy (non-hydrogen) atoms. The third kappa shape index (κ3) is 4.39. The van der Waals surface area contributed by atoms with Gasteiger partial charge in [-0.25, -0.2) is 0 Å². The Balaban J connectivity index is 1.60. The van der Waals surface area contributed by atoms with Gasteiger partial charge in [-0.3, -0.25) is 9.69 Å². The quantitative estimate of drug-likeness (QED) is 0.850. The Kier molecular flexibility index (Phi) is 5.08. The van der Waals surface area contributed by atoms with Crippen molar-refractivity contribution in [2.45, 2.75) is 12.7 Å². The molecule has 0 atom stereocenters. The number of hydrogen-bond acceptors (Lipinski definition) is 3. The third-order valence-electron chi connectivity index (χ3n) is 4.38. The van der Waals surface area contributed by atoms with E-state index in [2.05, 4.69) is 9.80 Å². The van der Waals surface area contributed by atoms with Crippen LogP contribution in [0.4, 0.5) is 18.9 Å². The highest BCUT2D eigenvalue weighted by Crippen LogP contribution is 2.29. The first kappa shape index (κ1) is 17.5. The Hall–Kier alpha value is -2.34.